The van der Waals surface area contributed by atoms with E-state index in [4.69, 9.17) is 10.5 Å². The second-order valence-electron chi connectivity index (χ2n) is 3.70. The van der Waals surface area contributed by atoms with Crippen LogP contribution in [0.5, 0.6) is 5.75 Å². The van der Waals surface area contributed by atoms with E-state index in [1.807, 2.05) is 30.4 Å². The number of pyridine rings is 2. The highest BCUT2D eigenvalue weighted by molar-refractivity contribution is 5.69. The van der Waals surface area contributed by atoms with Gasteiger partial charge in [-0.15, -0.1) is 0 Å². The van der Waals surface area contributed by atoms with Gasteiger partial charge in [-0.05, 0) is 29.3 Å². The number of hydrogen-bond acceptors (Lipinski definition) is 4. The standard InChI is InChI=1S/C14H15N3O/c15-5-8-18-14-9-13(10-17-11-14)2-1-12-3-6-16-7-4-12/h1-4,6-7,9-11H,5,8,15H2/b2-1+. The van der Waals surface area contributed by atoms with Crippen LogP contribution in [0, 0.1) is 0 Å². The molecule has 92 valence electrons. The molecule has 18 heavy (non-hydrogen) atoms. The van der Waals surface area contributed by atoms with Crippen molar-refractivity contribution < 1.29 is 4.74 Å². The summed E-state index contributed by atoms with van der Waals surface area (Å²) in [4.78, 5) is 8.09. The van der Waals surface area contributed by atoms with Gasteiger partial charge in [0.05, 0.1) is 6.20 Å². The zero-order valence-electron chi connectivity index (χ0n) is 9.99. The lowest BCUT2D eigenvalue weighted by Crippen LogP contribution is -2.10. The Morgan fingerprint density at radius 2 is 1.83 bits per heavy atom. The number of aromatic nitrogens is 2. The molecular formula is C14H15N3O. The van der Waals surface area contributed by atoms with E-state index in [9.17, 15) is 0 Å². The van der Waals surface area contributed by atoms with Gasteiger partial charge in [0.25, 0.3) is 0 Å². The molecule has 0 amide bonds. The summed E-state index contributed by atoms with van der Waals surface area (Å²) in [6.45, 7) is 0.996. The van der Waals surface area contributed by atoms with Gasteiger partial charge in [-0.2, -0.15) is 0 Å². The Labute approximate surface area is 106 Å². The Morgan fingerprint density at radius 3 is 2.61 bits per heavy atom. The van der Waals surface area contributed by atoms with Gasteiger partial charge in [-0.25, -0.2) is 0 Å². The predicted molar refractivity (Wildman–Crippen MR) is 72.0 cm³/mol. The second kappa shape index (κ2) is 6.51. The summed E-state index contributed by atoms with van der Waals surface area (Å²) in [6, 6.07) is 5.82. The number of hydrogen-bond donors (Lipinski definition) is 1. The largest absolute Gasteiger partial charge is 0.491 e. The number of ether oxygens (including phenoxy) is 1. The average Bonchev–Trinajstić information content (AvgIpc) is 2.44. The minimum Gasteiger partial charge on any atom is -0.491 e. The molecule has 0 saturated heterocycles. The highest BCUT2D eigenvalue weighted by Gasteiger charge is 1.95. The zero-order valence-corrected chi connectivity index (χ0v) is 9.99. The minimum absolute atomic E-state index is 0.497. The quantitative estimate of drug-likeness (QED) is 0.869. The van der Waals surface area contributed by atoms with Crippen LogP contribution in [0.4, 0.5) is 0 Å². The first-order chi connectivity index (χ1) is 8.88. The van der Waals surface area contributed by atoms with Crippen LogP contribution in [0.15, 0.2) is 43.0 Å². The van der Waals surface area contributed by atoms with E-state index in [0.29, 0.717) is 13.2 Å². The topological polar surface area (TPSA) is 61.0 Å². The van der Waals surface area contributed by atoms with E-state index < -0.39 is 0 Å². The molecule has 0 bridgehead atoms. The third kappa shape index (κ3) is 3.68. The van der Waals surface area contributed by atoms with Gasteiger partial charge in [0.1, 0.15) is 12.4 Å². The van der Waals surface area contributed by atoms with Gasteiger partial charge in [0.15, 0.2) is 0 Å². The van der Waals surface area contributed by atoms with E-state index in [-0.39, 0.29) is 0 Å². The van der Waals surface area contributed by atoms with Crippen molar-refractivity contribution >= 4 is 12.2 Å². The number of nitrogens with two attached hydrogens (primary N) is 1. The van der Waals surface area contributed by atoms with Crippen molar-refractivity contribution in [3.63, 3.8) is 0 Å². The molecule has 0 aliphatic rings. The monoisotopic (exact) mass is 241 g/mol. The Morgan fingerprint density at radius 1 is 1.06 bits per heavy atom. The van der Waals surface area contributed by atoms with Crippen molar-refractivity contribution in [2.24, 2.45) is 5.73 Å². The summed E-state index contributed by atoms with van der Waals surface area (Å²) >= 11 is 0. The molecule has 0 aliphatic carbocycles. The summed E-state index contributed by atoms with van der Waals surface area (Å²) in [7, 11) is 0. The van der Waals surface area contributed by atoms with E-state index in [0.717, 1.165) is 16.9 Å². The first-order valence-electron chi connectivity index (χ1n) is 5.74. The molecule has 4 nitrogen and oxygen atoms in total. The van der Waals surface area contributed by atoms with Crippen LogP contribution in [0.25, 0.3) is 12.2 Å². The van der Waals surface area contributed by atoms with Crippen LogP contribution in [-0.4, -0.2) is 23.1 Å². The fraction of sp³-hybridized carbons (Fsp3) is 0.143. The SMILES string of the molecule is NCCOc1cncc(/C=C/c2ccncc2)c1. The first kappa shape index (κ1) is 12.3. The molecule has 0 unspecified atom stereocenters. The Balaban J connectivity index is 2.07. The van der Waals surface area contributed by atoms with Crippen molar-refractivity contribution in [1.82, 2.24) is 9.97 Å². The summed E-state index contributed by atoms with van der Waals surface area (Å²) < 4.78 is 5.42. The van der Waals surface area contributed by atoms with Gasteiger partial charge in [-0.3, -0.25) is 9.97 Å². The van der Waals surface area contributed by atoms with Crippen molar-refractivity contribution in [2.75, 3.05) is 13.2 Å². The summed E-state index contributed by atoms with van der Waals surface area (Å²) in [5.74, 6) is 0.734. The van der Waals surface area contributed by atoms with E-state index >= 15 is 0 Å². The number of nitrogens with zero attached hydrogens (tertiary/aromatic N) is 2. The highest BCUT2D eigenvalue weighted by atomic mass is 16.5. The van der Waals surface area contributed by atoms with Crippen molar-refractivity contribution in [3.05, 3.63) is 54.1 Å². The molecule has 0 radical (unpaired) electrons. The Kier molecular flexibility index (Phi) is 4.44. The second-order valence-corrected chi connectivity index (χ2v) is 3.70. The molecule has 2 rings (SSSR count). The van der Waals surface area contributed by atoms with Crippen LogP contribution >= 0.6 is 0 Å². The third-order valence-corrected chi connectivity index (χ3v) is 2.30. The van der Waals surface area contributed by atoms with Gasteiger partial charge >= 0.3 is 0 Å². The van der Waals surface area contributed by atoms with Crippen LogP contribution in [0.2, 0.25) is 0 Å². The molecule has 0 atom stereocenters. The van der Waals surface area contributed by atoms with Crippen molar-refractivity contribution in [2.45, 2.75) is 0 Å². The summed E-state index contributed by atoms with van der Waals surface area (Å²) in [5, 5.41) is 0. The maximum Gasteiger partial charge on any atom is 0.138 e. The molecule has 0 fully saturated rings. The zero-order chi connectivity index (χ0) is 12.6. The van der Waals surface area contributed by atoms with Crippen molar-refractivity contribution in [1.29, 1.82) is 0 Å². The number of rotatable bonds is 5. The molecular weight excluding hydrogens is 226 g/mol. The molecule has 2 aromatic rings. The maximum absolute atomic E-state index is 5.42. The summed E-state index contributed by atoms with van der Waals surface area (Å²) in [5.41, 5.74) is 7.47. The van der Waals surface area contributed by atoms with Crippen LogP contribution in [0.1, 0.15) is 11.1 Å². The van der Waals surface area contributed by atoms with Crippen LogP contribution < -0.4 is 10.5 Å². The molecule has 4 heteroatoms. The molecule has 0 spiro atoms. The fourth-order valence-corrected chi connectivity index (χ4v) is 1.45. The van der Waals surface area contributed by atoms with Gasteiger partial charge in [0.2, 0.25) is 0 Å². The Bertz CT molecular complexity index is 511. The maximum atomic E-state index is 5.42. The molecule has 2 aromatic heterocycles. The minimum atomic E-state index is 0.497. The van der Waals surface area contributed by atoms with Crippen LogP contribution in [0.3, 0.4) is 0 Å². The van der Waals surface area contributed by atoms with Crippen molar-refractivity contribution in [3.8, 4) is 5.75 Å². The van der Waals surface area contributed by atoms with Gasteiger partial charge in [-0.1, -0.05) is 12.2 Å². The van der Waals surface area contributed by atoms with Crippen LogP contribution in [-0.2, 0) is 0 Å². The fourth-order valence-electron chi connectivity index (χ4n) is 1.45. The van der Waals surface area contributed by atoms with E-state index in [1.165, 1.54) is 0 Å². The highest BCUT2D eigenvalue weighted by Crippen LogP contribution is 2.13. The normalized spacial score (nSPS) is 10.7. The first-order valence-corrected chi connectivity index (χ1v) is 5.74. The third-order valence-electron chi connectivity index (χ3n) is 2.30. The smallest absolute Gasteiger partial charge is 0.138 e. The molecule has 2 N–H and O–H groups in total. The molecule has 0 aliphatic heterocycles. The summed E-state index contributed by atoms with van der Waals surface area (Å²) in [6.07, 6.45) is 11.0. The lowest BCUT2D eigenvalue weighted by Gasteiger charge is -2.03. The van der Waals surface area contributed by atoms with Gasteiger partial charge < -0.3 is 10.5 Å². The molecule has 0 saturated carbocycles. The lowest BCUT2D eigenvalue weighted by molar-refractivity contribution is 0.327. The average molecular weight is 241 g/mol. The van der Waals surface area contributed by atoms with Gasteiger partial charge in [0, 0.05) is 25.1 Å². The van der Waals surface area contributed by atoms with E-state index in [2.05, 4.69) is 9.97 Å². The molecule has 2 heterocycles. The molecule has 0 aromatic carbocycles. The Hall–Kier alpha value is -2.20. The van der Waals surface area contributed by atoms with E-state index in [1.54, 1.807) is 24.8 Å². The predicted octanol–water partition coefficient (Wildman–Crippen LogP) is 1.98. The lowest BCUT2D eigenvalue weighted by atomic mass is 10.2.